The quantitative estimate of drug-likeness (QED) is 0.838. The highest BCUT2D eigenvalue weighted by Crippen LogP contribution is 2.28. The van der Waals surface area contributed by atoms with Crippen LogP contribution in [0.3, 0.4) is 0 Å². The van der Waals surface area contributed by atoms with Crippen LogP contribution in [0.5, 0.6) is 0 Å². The predicted molar refractivity (Wildman–Crippen MR) is 69.0 cm³/mol. The minimum atomic E-state index is -1.04. The molecule has 5 heteroatoms. The summed E-state index contributed by atoms with van der Waals surface area (Å²) in [4.78, 5) is 25.4. The van der Waals surface area contributed by atoms with Gasteiger partial charge in [0.1, 0.15) is 5.54 Å². The molecule has 1 fully saturated rings. The summed E-state index contributed by atoms with van der Waals surface area (Å²) in [6, 6.07) is 8.35. The predicted octanol–water partition coefficient (Wildman–Crippen LogP) is 1.74. The molecular formula is C14H15N3O2. The van der Waals surface area contributed by atoms with Crippen LogP contribution in [0.15, 0.2) is 24.3 Å². The van der Waals surface area contributed by atoms with Crippen molar-refractivity contribution in [3.63, 3.8) is 0 Å². The normalized spacial score (nSPS) is 22.3. The molecule has 98 valence electrons. The number of hydrogen-bond donors (Lipinski definition) is 1. The molecule has 0 spiro atoms. The summed E-state index contributed by atoms with van der Waals surface area (Å²) in [5.74, 6) is -0.246. The van der Waals surface area contributed by atoms with Crippen LogP contribution < -0.4 is 5.32 Å². The van der Waals surface area contributed by atoms with Crippen LogP contribution in [0, 0.1) is 11.3 Å². The minimum Gasteiger partial charge on any atom is -0.319 e. The molecule has 1 heterocycles. The van der Waals surface area contributed by atoms with Gasteiger partial charge < -0.3 is 5.32 Å². The Hall–Kier alpha value is -2.35. The largest absolute Gasteiger partial charge is 0.325 e. The van der Waals surface area contributed by atoms with E-state index in [0.29, 0.717) is 17.7 Å². The Labute approximate surface area is 111 Å². The van der Waals surface area contributed by atoms with Gasteiger partial charge in [0, 0.05) is 6.54 Å². The topological polar surface area (TPSA) is 73.2 Å². The molecule has 1 N–H and O–H groups in total. The fourth-order valence-corrected chi connectivity index (χ4v) is 2.20. The molecule has 1 saturated heterocycles. The van der Waals surface area contributed by atoms with Crippen LogP contribution in [0.4, 0.5) is 4.79 Å². The van der Waals surface area contributed by atoms with Crippen LogP contribution in [-0.4, -0.2) is 23.4 Å². The van der Waals surface area contributed by atoms with Crippen LogP contribution in [0.1, 0.15) is 31.4 Å². The van der Waals surface area contributed by atoms with Crippen LogP contribution in [0.2, 0.25) is 0 Å². The van der Waals surface area contributed by atoms with Crippen molar-refractivity contribution >= 4 is 11.9 Å². The second-order valence-corrected chi connectivity index (χ2v) is 4.70. The molecule has 0 radical (unpaired) electrons. The zero-order valence-corrected chi connectivity index (χ0v) is 10.9. The average Bonchev–Trinajstić information content (AvgIpc) is 2.64. The summed E-state index contributed by atoms with van der Waals surface area (Å²) in [7, 11) is 0. The molecule has 2 rings (SSSR count). The van der Waals surface area contributed by atoms with E-state index in [2.05, 4.69) is 5.32 Å². The van der Waals surface area contributed by atoms with Crippen molar-refractivity contribution in [1.29, 1.82) is 5.26 Å². The molecule has 19 heavy (non-hydrogen) atoms. The third-order valence-electron chi connectivity index (χ3n) is 3.31. The van der Waals surface area contributed by atoms with E-state index in [1.807, 2.05) is 13.0 Å². The molecule has 5 nitrogen and oxygen atoms in total. The lowest BCUT2D eigenvalue weighted by atomic mass is 9.91. The summed E-state index contributed by atoms with van der Waals surface area (Å²) >= 11 is 0. The Bertz CT molecular complexity index is 559. The number of nitrogens with one attached hydrogen (secondary N) is 1. The van der Waals surface area contributed by atoms with Gasteiger partial charge in [0.25, 0.3) is 5.91 Å². The fourth-order valence-electron chi connectivity index (χ4n) is 2.20. The Morgan fingerprint density at radius 2 is 1.95 bits per heavy atom. The maximum atomic E-state index is 12.4. The van der Waals surface area contributed by atoms with Crippen molar-refractivity contribution in [2.45, 2.75) is 25.8 Å². The van der Waals surface area contributed by atoms with Gasteiger partial charge in [-0.15, -0.1) is 0 Å². The maximum Gasteiger partial charge on any atom is 0.325 e. The summed E-state index contributed by atoms with van der Waals surface area (Å²) in [5, 5.41) is 11.5. The Morgan fingerprint density at radius 1 is 1.32 bits per heavy atom. The number of nitrogens with zero attached hydrogens (tertiary/aromatic N) is 2. The van der Waals surface area contributed by atoms with E-state index in [0.717, 1.165) is 6.42 Å². The lowest BCUT2D eigenvalue weighted by molar-refractivity contribution is -0.131. The van der Waals surface area contributed by atoms with Gasteiger partial charge in [0.15, 0.2) is 0 Å². The van der Waals surface area contributed by atoms with Gasteiger partial charge >= 0.3 is 6.03 Å². The second kappa shape index (κ2) is 4.73. The summed E-state index contributed by atoms with van der Waals surface area (Å²) in [6.45, 7) is 4.01. The Kier molecular flexibility index (Phi) is 3.26. The SMILES string of the molecule is CCCN1C(=O)N[C@@](C)(c2ccc(C#N)cc2)C1=O. The van der Waals surface area contributed by atoms with Gasteiger partial charge in [0.05, 0.1) is 11.6 Å². The highest BCUT2D eigenvalue weighted by atomic mass is 16.2. The standard InChI is InChI=1S/C14H15N3O2/c1-3-8-17-12(18)14(2,16-13(17)19)11-6-4-10(9-15)5-7-11/h4-7H,3,8H2,1-2H3,(H,16,19)/t14-/m0/s1. The number of benzene rings is 1. The Balaban J connectivity index is 2.35. The lowest BCUT2D eigenvalue weighted by Crippen LogP contribution is -2.40. The number of urea groups is 1. The first kappa shape index (κ1) is 13.1. The third-order valence-corrected chi connectivity index (χ3v) is 3.31. The summed E-state index contributed by atoms with van der Waals surface area (Å²) in [5.41, 5.74) is 0.165. The number of hydrogen-bond acceptors (Lipinski definition) is 3. The second-order valence-electron chi connectivity index (χ2n) is 4.70. The van der Waals surface area contributed by atoms with Gasteiger partial charge in [-0.3, -0.25) is 9.69 Å². The fraction of sp³-hybridized carbons (Fsp3) is 0.357. The number of carbonyl (C=O) groups is 2. The molecule has 1 aliphatic heterocycles. The Morgan fingerprint density at radius 3 is 2.47 bits per heavy atom. The third kappa shape index (κ3) is 2.06. The van der Waals surface area contributed by atoms with Gasteiger partial charge in [-0.2, -0.15) is 5.26 Å². The molecular weight excluding hydrogens is 242 g/mol. The first-order valence-electron chi connectivity index (χ1n) is 6.17. The number of amides is 3. The smallest absolute Gasteiger partial charge is 0.319 e. The van der Waals surface area contributed by atoms with Crippen LogP contribution in [-0.2, 0) is 10.3 Å². The molecule has 1 aromatic carbocycles. The highest BCUT2D eigenvalue weighted by molar-refractivity contribution is 6.07. The summed E-state index contributed by atoms with van der Waals surface area (Å²) < 4.78 is 0. The molecule has 1 atom stereocenters. The molecule has 1 aromatic rings. The lowest BCUT2D eigenvalue weighted by Gasteiger charge is -2.22. The van der Waals surface area contributed by atoms with E-state index >= 15 is 0 Å². The van der Waals surface area contributed by atoms with Gasteiger partial charge in [0.2, 0.25) is 0 Å². The van der Waals surface area contributed by atoms with E-state index in [1.165, 1.54) is 4.90 Å². The monoisotopic (exact) mass is 257 g/mol. The average molecular weight is 257 g/mol. The van der Waals surface area contributed by atoms with Crippen molar-refractivity contribution in [2.75, 3.05) is 6.54 Å². The molecule has 0 aliphatic carbocycles. The number of imide groups is 1. The van der Waals surface area contributed by atoms with Gasteiger partial charge in [-0.25, -0.2) is 4.79 Å². The number of nitriles is 1. The van der Waals surface area contributed by atoms with E-state index in [4.69, 9.17) is 5.26 Å². The first-order chi connectivity index (χ1) is 9.02. The first-order valence-corrected chi connectivity index (χ1v) is 6.17. The van der Waals surface area contributed by atoms with Crippen LogP contribution >= 0.6 is 0 Å². The van der Waals surface area contributed by atoms with Crippen molar-refractivity contribution < 1.29 is 9.59 Å². The van der Waals surface area contributed by atoms with Crippen molar-refractivity contribution in [1.82, 2.24) is 10.2 Å². The molecule has 3 amide bonds. The van der Waals surface area contributed by atoms with E-state index in [9.17, 15) is 9.59 Å². The van der Waals surface area contributed by atoms with Crippen molar-refractivity contribution in [3.05, 3.63) is 35.4 Å². The van der Waals surface area contributed by atoms with Crippen LogP contribution in [0.25, 0.3) is 0 Å². The van der Waals surface area contributed by atoms with E-state index in [1.54, 1.807) is 31.2 Å². The van der Waals surface area contributed by atoms with Gasteiger partial charge in [-0.1, -0.05) is 19.1 Å². The molecule has 0 bridgehead atoms. The molecule has 0 aromatic heterocycles. The number of rotatable bonds is 3. The molecule has 0 unspecified atom stereocenters. The number of carbonyl (C=O) groups excluding carboxylic acids is 2. The van der Waals surface area contributed by atoms with E-state index in [-0.39, 0.29) is 11.9 Å². The van der Waals surface area contributed by atoms with Crippen molar-refractivity contribution in [3.8, 4) is 6.07 Å². The zero-order valence-electron chi connectivity index (χ0n) is 10.9. The maximum absolute atomic E-state index is 12.4. The molecule has 1 aliphatic rings. The van der Waals surface area contributed by atoms with E-state index < -0.39 is 5.54 Å². The summed E-state index contributed by atoms with van der Waals surface area (Å²) in [6.07, 6.45) is 0.725. The zero-order chi connectivity index (χ0) is 14.0. The van der Waals surface area contributed by atoms with Gasteiger partial charge in [-0.05, 0) is 31.0 Å². The minimum absolute atomic E-state index is 0.246. The van der Waals surface area contributed by atoms with Crippen molar-refractivity contribution in [2.24, 2.45) is 0 Å². The molecule has 0 saturated carbocycles. The highest BCUT2D eigenvalue weighted by Gasteiger charge is 2.48.